The van der Waals surface area contributed by atoms with Crippen molar-refractivity contribution in [2.75, 3.05) is 13.2 Å². The fourth-order valence-corrected chi connectivity index (χ4v) is 3.60. The molecule has 1 aromatic heterocycles. The van der Waals surface area contributed by atoms with Gasteiger partial charge in [-0.15, -0.1) is 0 Å². The summed E-state index contributed by atoms with van der Waals surface area (Å²) in [6, 6.07) is 5.14. The Morgan fingerprint density at radius 3 is 2.13 bits per heavy atom. The van der Waals surface area contributed by atoms with Crippen molar-refractivity contribution in [3.8, 4) is 17.2 Å². The molecule has 0 spiro atoms. The van der Waals surface area contributed by atoms with E-state index in [1.807, 2.05) is 6.07 Å². The molecule has 5 heteroatoms. The average molecular weight is 418 g/mol. The fourth-order valence-electron chi connectivity index (χ4n) is 3.60. The third kappa shape index (κ3) is 6.68. The minimum Gasteiger partial charge on any atom is -0.508 e. The Morgan fingerprint density at radius 1 is 0.800 bits per heavy atom. The van der Waals surface area contributed by atoms with E-state index >= 15 is 0 Å². The summed E-state index contributed by atoms with van der Waals surface area (Å²) in [6.45, 7) is 8.12. The van der Waals surface area contributed by atoms with Crippen LogP contribution in [0, 0.1) is 0 Å². The lowest BCUT2D eigenvalue weighted by Crippen LogP contribution is -2.24. The minimum atomic E-state index is -0.161. The molecule has 1 heterocycles. The Bertz CT molecular complexity index is 828. The van der Waals surface area contributed by atoms with Crippen LogP contribution in [0.4, 0.5) is 0 Å². The summed E-state index contributed by atoms with van der Waals surface area (Å²) in [5.74, 6) is 0.983. The molecule has 0 atom stereocenters. The molecule has 0 saturated carbocycles. The Hall–Kier alpha value is -2.17. The van der Waals surface area contributed by atoms with Crippen LogP contribution < -0.4 is 15.0 Å². The summed E-state index contributed by atoms with van der Waals surface area (Å²) in [6.07, 6.45) is 10.6. The lowest BCUT2D eigenvalue weighted by Gasteiger charge is -2.19. The van der Waals surface area contributed by atoms with Crippen LogP contribution in [0.5, 0.6) is 17.2 Å². The molecule has 168 valence electrons. The highest BCUT2D eigenvalue weighted by atomic mass is 16.5. The number of fused-ring (bicyclic) bond motifs is 1. The number of benzene rings is 1. The molecule has 0 fully saturated rings. The summed E-state index contributed by atoms with van der Waals surface area (Å²) in [4.78, 5) is 13.4. The standard InChI is InChI=1S/C25H39NO4/c1-4-7-10-12-16-26-22-19-20(27)14-15-21(22)23(29-17-9-6-3)24(25(26)28)30-18-13-11-8-5-2/h14-15,19,27H,4-13,16-18H2,1-3H3. The van der Waals surface area contributed by atoms with E-state index in [4.69, 9.17) is 9.47 Å². The van der Waals surface area contributed by atoms with Gasteiger partial charge < -0.3 is 19.1 Å². The number of aromatic nitrogens is 1. The van der Waals surface area contributed by atoms with Crippen molar-refractivity contribution in [3.05, 3.63) is 28.6 Å². The van der Waals surface area contributed by atoms with Crippen LogP contribution in [0.2, 0.25) is 0 Å². The normalized spacial score (nSPS) is 11.2. The maximum Gasteiger partial charge on any atom is 0.297 e. The average Bonchev–Trinajstić information content (AvgIpc) is 2.74. The lowest BCUT2D eigenvalue weighted by molar-refractivity contribution is 0.258. The van der Waals surface area contributed by atoms with Crippen LogP contribution in [0.15, 0.2) is 23.0 Å². The van der Waals surface area contributed by atoms with E-state index in [2.05, 4.69) is 20.8 Å². The largest absolute Gasteiger partial charge is 0.508 e. The molecule has 0 aliphatic heterocycles. The molecule has 5 nitrogen and oxygen atoms in total. The van der Waals surface area contributed by atoms with Crippen molar-refractivity contribution < 1.29 is 14.6 Å². The van der Waals surface area contributed by atoms with E-state index < -0.39 is 0 Å². The monoisotopic (exact) mass is 417 g/mol. The SMILES string of the molecule is CCCCCCOc1c(OCCCC)c2ccc(O)cc2n(CCCCCC)c1=O. The topological polar surface area (TPSA) is 60.7 Å². The van der Waals surface area contributed by atoms with Gasteiger partial charge >= 0.3 is 0 Å². The zero-order chi connectivity index (χ0) is 21.8. The number of phenolic OH excluding ortho intramolecular Hbond substituents is 1. The smallest absolute Gasteiger partial charge is 0.297 e. The first-order chi connectivity index (χ1) is 14.6. The highest BCUT2D eigenvalue weighted by Gasteiger charge is 2.20. The lowest BCUT2D eigenvalue weighted by atomic mass is 10.1. The van der Waals surface area contributed by atoms with Crippen LogP contribution in [0.3, 0.4) is 0 Å². The van der Waals surface area contributed by atoms with E-state index in [-0.39, 0.29) is 11.3 Å². The van der Waals surface area contributed by atoms with Crippen LogP contribution in [-0.2, 0) is 6.54 Å². The highest BCUT2D eigenvalue weighted by Crippen LogP contribution is 2.35. The number of ether oxygens (including phenoxy) is 2. The van der Waals surface area contributed by atoms with Gasteiger partial charge in [-0.1, -0.05) is 65.7 Å². The number of phenols is 1. The van der Waals surface area contributed by atoms with Gasteiger partial charge in [0.1, 0.15) is 5.75 Å². The number of nitrogens with zero attached hydrogens (tertiary/aromatic N) is 1. The molecular formula is C25H39NO4. The molecule has 0 unspecified atom stereocenters. The second-order valence-corrected chi connectivity index (χ2v) is 7.99. The second kappa shape index (κ2) is 13.2. The van der Waals surface area contributed by atoms with Crippen LogP contribution in [0.1, 0.15) is 85.0 Å². The van der Waals surface area contributed by atoms with Crippen LogP contribution >= 0.6 is 0 Å². The third-order valence-electron chi connectivity index (χ3n) is 5.39. The van der Waals surface area contributed by atoms with Crippen molar-refractivity contribution in [2.24, 2.45) is 0 Å². The second-order valence-electron chi connectivity index (χ2n) is 7.99. The Labute approximate surface area is 181 Å². The number of hydrogen-bond acceptors (Lipinski definition) is 4. The maximum atomic E-state index is 13.4. The van der Waals surface area contributed by atoms with Gasteiger partial charge in [0.25, 0.3) is 5.56 Å². The van der Waals surface area contributed by atoms with E-state index in [0.717, 1.165) is 63.2 Å². The third-order valence-corrected chi connectivity index (χ3v) is 5.39. The maximum absolute atomic E-state index is 13.4. The van der Waals surface area contributed by atoms with Gasteiger partial charge in [0.2, 0.25) is 5.75 Å². The number of pyridine rings is 1. The summed E-state index contributed by atoms with van der Waals surface area (Å²) in [7, 11) is 0. The number of aromatic hydroxyl groups is 1. The predicted molar refractivity (Wildman–Crippen MR) is 124 cm³/mol. The first-order valence-corrected chi connectivity index (χ1v) is 11.8. The Kier molecular flexibility index (Phi) is 10.6. The zero-order valence-electron chi connectivity index (χ0n) is 19.0. The number of rotatable bonds is 15. The first kappa shape index (κ1) is 24.1. The molecule has 0 radical (unpaired) electrons. The Balaban J connectivity index is 2.43. The zero-order valence-corrected chi connectivity index (χ0v) is 19.0. The fraction of sp³-hybridized carbons (Fsp3) is 0.640. The first-order valence-electron chi connectivity index (χ1n) is 11.8. The number of unbranched alkanes of at least 4 members (excludes halogenated alkanes) is 7. The van der Waals surface area contributed by atoms with Gasteiger partial charge in [-0.05, 0) is 31.4 Å². The van der Waals surface area contributed by atoms with Crippen LogP contribution in [-0.4, -0.2) is 22.9 Å². The van der Waals surface area contributed by atoms with Crippen molar-refractivity contribution in [2.45, 2.75) is 91.5 Å². The van der Waals surface area contributed by atoms with Crippen LogP contribution in [0.25, 0.3) is 10.9 Å². The molecule has 0 aliphatic rings. The van der Waals surface area contributed by atoms with Gasteiger partial charge in [0.05, 0.1) is 18.7 Å². The van der Waals surface area contributed by atoms with Gasteiger partial charge in [0, 0.05) is 18.0 Å². The summed E-state index contributed by atoms with van der Waals surface area (Å²) < 4.78 is 13.8. The van der Waals surface area contributed by atoms with Crippen molar-refractivity contribution in [1.29, 1.82) is 0 Å². The van der Waals surface area contributed by atoms with Crippen molar-refractivity contribution >= 4 is 10.9 Å². The quantitative estimate of drug-likeness (QED) is 0.339. The molecule has 0 aliphatic carbocycles. The summed E-state index contributed by atoms with van der Waals surface area (Å²) in [5.41, 5.74) is 0.549. The molecule has 1 N–H and O–H groups in total. The highest BCUT2D eigenvalue weighted by molar-refractivity contribution is 5.89. The van der Waals surface area contributed by atoms with Gasteiger partial charge in [-0.25, -0.2) is 0 Å². The minimum absolute atomic E-state index is 0.150. The number of hydrogen-bond donors (Lipinski definition) is 1. The van der Waals surface area contributed by atoms with E-state index in [1.165, 1.54) is 6.42 Å². The van der Waals surface area contributed by atoms with Gasteiger partial charge in [0.15, 0.2) is 5.75 Å². The molecule has 1 aromatic carbocycles. The van der Waals surface area contributed by atoms with Gasteiger partial charge in [-0.3, -0.25) is 4.79 Å². The van der Waals surface area contributed by atoms with E-state index in [1.54, 1.807) is 16.7 Å². The molecular weight excluding hydrogens is 378 g/mol. The molecule has 0 saturated heterocycles. The molecule has 0 amide bonds. The van der Waals surface area contributed by atoms with E-state index in [9.17, 15) is 9.90 Å². The molecule has 2 rings (SSSR count). The molecule has 30 heavy (non-hydrogen) atoms. The van der Waals surface area contributed by atoms with Crippen molar-refractivity contribution in [3.63, 3.8) is 0 Å². The van der Waals surface area contributed by atoms with Gasteiger partial charge in [-0.2, -0.15) is 0 Å². The summed E-state index contributed by atoms with van der Waals surface area (Å²) >= 11 is 0. The van der Waals surface area contributed by atoms with E-state index in [0.29, 0.717) is 36.8 Å². The molecule has 2 aromatic rings. The Morgan fingerprint density at radius 2 is 1.43 bits per heavy atom. The number of aryl methyl sites for hydroxylation is 1. The molecule has 0 bridgehead atoms. The predicted octanol–water partition coefficient (Wildman–Crippen LogP) is 6.43. The summed E-state index contributed by atoms with van der Waals surface area (Å²) in [5, 5.41) is 10.9. The van der Waals surface area contributed by atoms with Crippen molar-refractivity contribution in [1.82, 2.24) is 4.57 Å².